The summed E-state index contributed by atoms with van der Waals surface area (Å²) in [7, 11) is 0. The monoisotopic (exact) mass is 536 g/mol. The van der Waals surface area contributed by atoms with E-state index in [1.54, 1.807) is 20.8 Å². The normalized spacial score (nSPS) is 26.2. The molecule has 1 fully saturated rings. The van der Waals surface area contributed by atoms with E-state index in [0.717, 1.165) is 32.1 Å². The molecule has 1 aliphatic heterocycles. The van der Waals surface area contributed by atoms with E-state index < -0.39 is 53.8 Å². The molecule has 0 spiro atoms. The molecular weight excluding hydrogens is 492 g/mol. The predicted molar refractivity (Wildman–Crippen MR) is 136 cm³/mol. The van der Waals surface area contributed by atoms with Crippen LogP contribution in [0.15, 0.2) is 11.6 Å². The molecule has 0 amide bonds. The number of carboxylic acid groups (broad SMARTS) is 1. The first kappa shape index (κ1) is 32.8. The number of ether oxygens (including phenoxy) is 2. The van der Waals surface area contributed by atoms with Crippen molar-refractivity contribution in [2.24, 2.45) is 11.8 Å². The molecule has 10 heteroatoms. The number of halogens is 1. The minimum Gasteiger partial charge on any atom is -0.481 e. The molecule has 1 saturated heterocycles. The average Bonchev–Trinajstić information content (AvgIpc) is 2.81. The number of esters is 1. The highest BCUT2D eigenvalue weighted by Crippen LogP contribution is 2.30. The Labute approximate surface area is 219 Å². The Kier molecular flexibility index (Phi) is 15.8. The van der Waals surface area contributed by atoms with Crippen molar-refractivity contribution in [3.05, 3.63) is 11.6 Å². The molecule has 0 bridgehead atoms. The van der Waals surface area contributed by atoms with Crippen molar-refractivity contribution in [3.8, 4) is 0 Å². The van der Waals surface area contributed by atoms with E-state index in [1.165, 1.54) is 6.08 Å². The Balaban J connectivity index is 2.34. The van der Waals surface area contributed by atoms with Crippen molar-refractivity contribution in [2.75, 3.05) is 13.2 Å². The standard InChI is InChI=1S/C26H45ClO9/c1-16(13-23(32)35-11-9-7-5-4-6-8-10-22(30)31)12-21-26(34)25(33)19(15-36-21)14-20(29)24(27)17(2)18(3)28/h13,17-21,24-26,28-29,33-34H,4-12,14-15H2,1-3H3,(H,30,31)/b16-13+/t17-,18-,19+,20+,21+,24+,25+,26-/m0/s1. The van der Waals surface area contributed by atoms with E-state index in [0.29, 0.717) is 18.6 Å². The molecule has 5 N–H and O–H groups in total. The highest BCUT2D eigenvalue weighted by Gasteiger charge is 2.40. The number of hydrogen-bond acceptors (Lipinski definition) is 8. The van der Waals surface area contributed by atoms with Gasteiger partial charge in [-0.3, -0.25) is 4.79 Å². The van der Waals surface area contributed by atoms with Crippen LogP contribution in [0, 0.1) is 11.8 Å². The van der Waals surface area contributed by atoms with Gasteiger partial charge in [0.05, 0.1) is 43.0 Å². The zero-order valence-electron chi connectivity index (χ0n) is 21.7. The summed E-state index contributed by atoms with van der Waals surface area (Å²) in [5.41, 5.74) is 0.653. The lowest BCUT2D eigenvalue weighted by molar-refractivity contribution is -0.169. The largest absolute Gasteiger partial charge is 0.481 e. The number of carboxylic acids is 1. The van der Waals surface area contributed by atoms with Crippen LogP contribution in [-0.2, 0) is 19.1 Å². The number of aliphatic hydroxyl groups excluding tert-OH is 4. The summed E-state index contributed by atoms with van der Waals surface area (Å²) in [6.45, 7) is 5.49. The maximum absolute atomic E-state index is 12.1. The fourth-order valence-electron chi connectivity index (χ4n) is 4.26. The number of unbranched alkanes of at least 4 members (excludes halogenated alkanes) is 5. The van der Waals surface area contributed by atoms with Gasteiger partial charge in [0.15, 0.2) is 0 Å². The Bertz CT molecular complexity index is 684. The third kappa shape index (κ3) is 12.3. The van der Waals surface area contributed by atoms with Gasteiger partial charge in [0.2, 0.25) is 0 Å². The Hall–Kier alpha value is -1.23. The fourth-order valence-corrected chi connectivity index (χ4v) is 4.58. The zero-order chi connectivity index (χ0) is 27.3. The molecule has 0 aliphatic carbocycles. The minimum atomic E-state index is -1.19. The Morgan fingerprint density at radius 3 is 2.28 bits per heavy atom. The lowest BCUT2D eigenvalue weighted by Gasteiger charge is -2.39. The summed E-state index contributed by atoms with van der Waals surface area (Å²) in [4.78, 5) is 22.5. The molecule has 36 heavy (non-hydrogen) atoms. The second-order valence-electron chi connectivity index (χ2n) is 10.1. The predicted octanol–water partition coefficient (Wildman–Crippen LogP) is 2.79. The van der Waals surface area contributed by atoms with Gasteiger partial charge in [-0.2, -0.15) is 0 Å². The number of hydrogen-bond donors (Lipinski definition) is 5. The minimum absolute atomic E-state index is 0.125. The van der Waals surface area contributed by atoms with E-state index in [2.05, 4.69) is 0 Å². The van der Waals surface area contributed by atoms with Crippen molar-refractivity contribution in [1.29, 1.82) is 0 Å². The van der Waals surface area contributed by atoms with E-state index in [-0.39, 0.29) is 31.8 Å². The van der Waals surface area contributed by atoms with E-state index in [1.807, 2.05) is 0 Å². The quantitative estimate of drug-likeness (QED) is 0.0816. The summed E-state index contributed by atoms with van der Waals surface area (Å²) >= 11 is 6.25. The van der Waals surface area contributed by atoms with Gasteiger partial charge >= 0.3 is 11.9 Å². The summed E-state index contributed by atoms with van der Waals surface area (Å²) in [5, 5.41) is 49.1. The fraction of sp³-hybridized carbons (Fsp3) is 0.846. The second kappa shape index (κ2) is 17.3. The summed E-state index contributed by atoms with van der Waals surface area (Å²) in [5.74, 6) is -2.10. The molecule has 0 aromatic heterocycles. The van der Waals surface area contributed by atoms with Crippen LogP contribution in [0.5, 0.6) is 0 Å². The van der Waals surface area contributed by atoms with Crippen LogP contribution in [0.4, 0.5) is 0 Å². The molecule has 0 saturated carbocycles. The number of carbonyl (C=O) groups excluding carboxylic acids is 1. The van der Waals surface area contributed by atoms with Crippen molar-refractivity contribution >= 4 is 23.5 Å². The van der Waals surface area contributed by atoms with Crippen molar-refractivity contribution in [2.45, 2.75) is 114 Å². The number of alkyl halides is 1. The average molecular weight is 537 g/mol. The summed E-state index contributed by atoms with van der Waals surface area (Å²) < 4.78 is 11.0. The lowest BCUT2D eigenvalue weighted by atomic mass is 9.84. The molecule has 0 radical (unpaired) electrons. The lowest BCUT2D eigenvalue weighted by Crippen LogP contribution is -2.51. The molecule has 0 aromatic carbocycles. The maximum atomic E-state index is 12.1. The van der Waals surface area contributed by atoms with E-state index in [9.17, 15) is 30.0 Å². The van der Waals surface area contributed by atoms with Crippen LogP contribution in [0.2, 0.25) is 0 Å². The Morgan fingerprint density at radius 1 is 1.06 bits per heavy atom. The molecule has 210 valence electrons. The molecular formula is C26H45ClO9. The smallest absolute Gasteiger partial charge is 0.330 e. The van der Waals surface area contributed by atoms with Gasteiger partial charge in [0.1, 0.15) is 6.10 Å². The SMILES string of the molecule is C/C(=C\C(=O)OCCCCCCCCC(=O)O)C[C@H]1OC[C@@H](C[C@@H](O)[C@H](Cl)[C@@H](C)[C@H](C)O)[C@@H](O)[C@H]1O. The van der Waals surface area contributed by atoms with Crippen LogP contribution >= 0.6 is 11.6 Å². The van der Waals surface area contributed by atoms with Crippen LogP contribution < -0.4 is 0 Å². The van der Waals surface area contributed by atoms with Crippen molar-refractivity contribution in [1.82, 2.24) is 0 Å². The third-order valence-corrected chi connectivity index (χ3v) is 7.52. The number of rotatable bonds is 17. The van der Waals surface area contributed by atoms with Gasteiger partial charge in [0, 0.05) is 24.3 Å². The second-order valence-corrected chi connectivity index (χ2v) is 10.6. The topological polar surface area (TPSA) is 154 Å². The summed E-state index contributed by atoms with van der Waals surface area (Å²) in [6.07, 6.45) is 2.41. The Morgan fingerprint density at radius 2 is 1.67 bits per heavy atom. The molecule has 0 aromatic rings. The van der Waals surface area contributed by atoms with Gasteiger partial charge in [-0.05, 0) is 39.5 Å². The number of aliphatic hydroxyl groups is 4. The highest BCUT2D eigenvalue weighted by atomic mass is 35.5. The summed E-state index contributed by atoms with van der Waals surface area (Å²) in [6, 6.07) is 0. The number of carbonyl (C=O) groups is 2. The van der Waals surface area contributed by atoms with Gasteiger partial charge in [-0.25, -0.2) is 4.79 Å². The van der Waals surface area contributed by atoms with E-state index >= 15 is 0 Å². The van der Waals surface area contributed by atoms with Gasteiger partial charge < -0.3 is 35.0 Å². The first-order valence-electron chi connectivity index (χ1n) is 13.0. The molecule has 1 aliphatic rings. The molecule has 0 unspecified atom stereocenters. The maximum Gasteiger partial charge on any atom is 0.330 e. The van der Waals surface area contributed by atoms with Crippen LogP contribution in [0.25, 0.3) is 0 Å². The van der Waals surface area contributed by atoms with Crippen molar-refractivity contribution in [3.63, 3.8) is 0 Å². The first-order chi connectivity index (χ1) is 16.9. The molecule has 8 atom stereocenters. The zero-order valence-corrected chi connectivity index (χ0v) is 22.5. The van der Waals surface area contributed by atoms with Crippen LogP contribution in [0.3, 0.4) is 0 Å². The van der Waals surface area contributed by atoms with Gasteiger partial charge in [-0.15, -0.1) is 11.6 Å². The van der Waals surface area contributed by atoms with Crippen molar-refractivity contribution < 1.29 is 44.6 Å². The van der Waals surface area contributed by atoms with Gasteiger partial charge in [0.25, 0.3) is 0 Å². The van der Waals surface area contributed by atoms with Crippen LogP contribution in [-0.4, -0.2) is 86.6 Å². The van der Waals surface area contributed by atoms with Gasteiger partial charge in [-0.1, -0.05) is 38.2 Å². The number of aliphatic carboxylic acids is 1. The molecule has 9 nitrogen and oxygen atoms in total. The highest BCUT2D eigenvalue weighted by molar-refractivity contribution is 6.21. The molecule has 1 rings (SSSR count). The first-order valence-corrected chi connectivity index (χ1v) is 13.4. The molecule has 1 heterocycles. The third-order valence-electron chi connectivity index (χ3n) is 6.83. The van der Waals surface area contributed by atoms with Crippen LogP contribution in [0.1, 0.15) is 78.6 Å². The van der Waals surface area contributed by atoms with E-state index in [4.69, 9.17) is 26.2 Å².